The van der Waals surface area contributed by atoms with Crippen LogP contribution in [0, 0.1) is 0 Å². The Labute approximate surface area is 223 Å². The molecular weight excluding hydrogens is 486 g/mol. The number of aliphatic hydroxyl groups is 1. The minimum absolute atomic E-state index is 0.0170. The molecule has 2 aromatic carbocycles. The van der Waals surface area contributed by atoms with Crippen molar-refractivity contribution in [2.75, 3.05) is 0 Å². The van der Waals surface area contributed by atoms with Crippen LogP contribution < -0.4 is 5.32 Å². The molecular formula is C29H35N3O6. The van der Waals surface area contributed by atoms with Crippen molar-refractivity contribution in [2.45, 2.75) is 71.4 Å². The summed E-state index contributed by atoms with van der Waals surface area (Å²) in [6.07, 6.45) is 0.918. The first-order valence-electron chi connectivity index (χ1n) is 12.5. The van der Waals surface area contributed by atoms with E-state index in [4.69, 9.17) is 4.74 Å². The van der Waals surface area contributed by atoms with Crippen LogP contribution in [0.1, 0.15) is 52.7 Å². The Hall–Kier alpha value is -3.98. The molecule has 2 N–H and O–H groups in total. The van der Waals surface area contributed by atoms with Crippen LogP contribution in [0.25, 0.3) is 5.70 Å². The first-order chi connectivity index (χ1) is 17.8. The second-order valence-corrected chi connectivity index (χ2v) is 10.1. The van der Waals surface area contributed by atoms with Gasteiger partial charge in [0, 0.05) is 20.0 Å². The van der Waals surface area contributed by atoms with Crippen molar-refractivity contribution in [2.24, 2.45) is 0 Å². The lowest BCUT2D eigenvalue weighted by molar-refractivity contribution is -0.185. The Kier molecular flexibility index (Phi) is 8.41. The smallest absolute Gasteiger partial charge is 0.362 e. The Bertz CT molecular complexity index is 1230. The highest BCUT2D eigenvalue weighted by Gasteiger charge is 2.56. The molecule has 3 rings (SSSR count). The van der Waals surface area contributed by atoms with Crippen LogP contribution in [0.2, 0.25) is 0 Å². The lowest BCUT2D eigenvalue weighted by atomic mass is 9.88. The average Bonchev–Trinajstić information content (AvgIpc) is 2.84. The van der Waals surface area contributed by atoms with Gasteiger partial charge in [-0.2, -0.15) is 0 Å². The van der Waals surface area contributed by atoms with Crippen LogP contribution in [0.5, 0.6) is 0 Å². The van der Waals surface area contributed by atoms with Crippen molar-refractivity contribution >= 4 is 29.4 Å². The number of rotatable bonds is 8. The molecule has 0 spiro atoms. The molecule has 0 fully saturated rings. The van der Waals surface area contributed by atoms with Crippen molar-refractivity contribution in [3.63, 3.8) is 0 Å². The summed E-state index contributed by atoms with van der Waals surface area (Å²) in [5, 5.41) is 14.4. The molecule has 0 aromatic heterocycles. The zero-order valence-corrected chi connectivity index (χ0v) is 22.6. The molecule has 0 aliphatic carbocycles. The summed E-state index contributed by atoms with van der Waals surface area (Å²) in [6, 6.07) is 16.5. The highest BCUT2D eigenvalue weighted by atomic mass is 16.6. The maximum atomic E-state index is 14.3. The summed E-state index contributed by atoms with van der Waals surface area (Å²) in [5.74, 6) is -2.69. The van der Waals surface area contributed by atoms with Gasteiger partial charge < -0.3 is 20.1 Å². The molecule has 0 saturated carbocycles. The van der Waals surface area contributed by atoms with Gasteiger partial charge in [-0.15, -0.1) is 0 Å². The summed E-state index contributed by atoms with van der Waals surface area (Å²) in [4.78, 5) is 55.3. The number of hydrogen-bond acceptors (Lipinski definition) is 6. The number of carbonyl (C=O) groups is 4. The monoisotopic (exact) mass is 521 g/mol. The van der Waals surface area contributed by atoms with Gasteiger partial charge >= 0.3 is 5.97 Å². The lowest BCUT2D eigenvalue weighted by Crippen LogP contribution is -2.71. The van der Waals surface area contributed by atoms with E-state index >= 15 is 0 Å². The Morgan fingerprint density at radius 3 is 2.05 bits per heavy atom. The quantitative estimate of drug-likeness (QED) is 0.408. The van der Waals surface area contributed by atoms with Crippen molar-refractivity contribution in [1.29, 1.82) is 0 Å². The number of esters is 1. The summed E-state index contributed by atoms with van der Waals surface area (Å²) in [7, 11) is 0. The molecule has 1 heterocycles. The summed E-state index contributed by atoms with van der Waals surface area (Å²) in [5.41, 5.74) is -2.43. The van der Waals surface area contributed by atoms with Gasteiger partial charge in [0.05, 0.1) is 11.8 Å². The Morgan fingerprint density at radius 2 is 1.55 bits per heavy atom. The number of ether oxygens (including phenoxy) is 1. The third-order valence-electron chi connectivity index (χ3n) is 6.35. The van der Waals surface area contributed by atoms with E-state index in [1.807, 2.05) is 6.07 Å². The fraction of sp³-hybridized carbons (Fsp3) is 0.379. The highest BCUT2D eigenvalue weighted by Crippen LogP contribution is 2.37. The standard InChI is InChI=1S/C29H35N3O6/c1-19(2)38-27(36)29(37,30-20(3)33)25(17-22-13-9-7-10-14-22)32-24(23-15-11-8-12-16-23)18-31(21(4)34)28(5,6)26(32)35/h7-16,18-19,25,37H,17H2,1-6H3,(H,30,33)/t25-,29?/m0/s1. The normalized spacial score (nSPS) is 17.4. The average molecular weight is 522 g/mol. The minimum atomic E-state index is -2.62. The van der Waals surface area contributed by atoms with Crippen LogP contribution in [0.4, 0.5) is 0 Å². The second-order valence-electron chi connectivity index (χ2n) is 10.1. The fourth-order valence-electron chi connectivity index (χ4n) is 4.58. The predicted molar refractivity (Wildman–Crippen MR) is 142 cm³/mol. The first-order valence-corrected chi connectivity index (χ1v) is 12.5. The maximum Gasteiger partial charge on any atom is 0.362 e. The van der Waals surface area contributed by atoms with Gasteiger partial charge in [-0.1, -0.05) is 60.7 Å². The number of nitrogens with one attached hydrogen (secondary N) is 1. The molecule has 0 radical (unpaired) electrons. The number of hydrogen-bond donors (Lipinski definition) is 2. The maximum absolute atomic E-state index is 14.3. The third kappa shape index (κ3) is 5.78. The van der Waals surface area contributed by atoms with Crippen LogP contribution in [0.3, 0.4) is 0 Å². The van der Waals surface area contributed by atoms with Crippen LogP contribution >= 0.6 is 0 Å². The van der Waals surface area contributed by atoms with Gasteiger partial charge in [-0.25, -0.2) is 4.79 Å². The zero-order chi connectivity index (χ0) is 28.3. The first kappa shape index (κ1) is 28.6. The van der Waals surface area contributed by atoms with Crippen LogP contribution in [-0.4, -0.2) is 62.0 Å². The molecule has 9 nitrogen and oxygen atoms in total. The fourth-order valence-corrected chi connectivity index (χ4v) is 4.58. The molecule has 2 aromatic rings. The van der Waals surface area contributed by atoms with E-state index in [1.165, 1.54) is 23.6 Å². The van der Waals surface area contributed by atoms with Gasteiger partial charge in [-0.3, -0.25) is 19.3 Å². The molecule has 0 saturated heterocycles. The van der Waals surface area contributed by atoms with E-state index < -0.39 is 41.2 Å². The zero-order valence-electron chi connectivity index (χ0n) is 22.6. The summed E-state index contributed by atoms with van der Waals surface area (Å²) in [6.45, 7) is 8.94. The molecule has 1 unspecified atom stereocenters. The van der Waals surface area contributed by atoms with Gasteiger partial charge in [0.1, 0.15) is 11.6 Å². The lowest BCUT2D eigenvalue weighted by Gasteiger charge is -2.49. The van der Waals surface area contributed by atoms with Crippen molar-refractivity contribution < 1.29 is 29.0 Å². The summed E-state index contributed by atoms with van der Waals surface area (Å²) < 4.78 is 5.39. The van der Waals surface area contributed by atoms with E-state index in [9.17, 15) is 24.3 Å². The van der Waals surface area contributed by atoms with E-state index in [0.717, 1.165) is 0 Å². The van der Waals surface area contributed by atoms with E-state index in [1.54, 1.807) is 88.5 Å². The molecule has 1 aliphatic rings. The molecule has 38 heavy (non-hydrogen) atoms. The number of nitrogens with zero attached hydrogens (tertiary/aromatic N) is 2. The number of amides is 3. The Morgan fingerprint density at radius 1 is 1.00 bits per heavy atom. The van der Waals surface area contributed by atoms with Crippen molar-refractivity contribution in [3.8, 4) is 0 Å². The predicted octanol–water partition coefficient (Wildman–Crippen LogP) is 2.84. The van der Waals surface area contributed by atoms with E-state index in [-0.39, 0.29) is 18.0 Å². The highest BCUT2D eigenvalue weighted by molar-refractivity contribution is 6.00. The SMILES string of the molecule is CC(=O)NC(O)(C(=O)OC(C)C)[C@H](Cc1ccccc1)N1C(=O)C(C)(C)N(C(C)=O)C=C1c1ccccc1. The van der Waals surface area contributed by atoms with Crippen molar-refractivity contribution in [1.82, 2.24) is 15.1 Å². The van der Waals surface area contributed by atoms with Gasteiger partial charge in [0.2, 0.25) is 11.8 Å². The van der Waals surface area contributed by atoms with E-state index in [0.29, 0.717) is 11.1 Å². The second kappa shape index (κ2) is 11.2. The molecule has 0 bridgehead atoms. The molecule has 1 aliphatic heterocycles. The van der Waals surface area contributed by atoms with E-state index in [2.05, 4.69) is 5.32 Å². The van der Waals surface area contributed by atoms with Gasteiger partial charge in [0.25, 0.3) is 11.6 Å². The largest absolute Gasteiger partial charge is 0.459 e. The van der Waals surface area contributed by atoms with Crippen LogP contribution in [0.15, 0.2) is 66.9 Å². The number of benzene rings is 2. The third-order valence-corrected chi connectivity index (χ3v) is 6.35. The summed E-state index contributed by atoms with van der Waals surface area (Å²) >= 11 is 0. The van der Waals surface area contributed by atoms with Crippen molar-refractivity contribution in [3.05, 3.63) is 78.0 Å². The van der Waals surface area contributed by atoms with Gasteiger partial charge in [0.15, 0.2) is 0 Å². The molecule has 2 atom stereocenters. The molecule has 9 heteroatoms. The van der Waals surface area contributed by atoms with Gasteiger partial charge in [-0.05, 0) is 45.2 Å². The molecule has 3 amide bonds. The molecule has 202 valence electrons. The Balaban J connectivity index is 2.33. The topological polar surface area (TPSA) is 116 Å². The minimum Gasteiger partial charge on any atom is -0.459 e. The van der Waals surface area contributed by atoms with Crippen LogP contribution in [-0.2, 0) is 30.3 Å². The number of carbonyl (C=O) groups excluding carboxylic acids is 4.